The van der Waals surface area contributed by atoms with E-state index in [0.29, 0.717) is 15.8 Å². The molecule has 0 aliphatic rings. The Hall–Kier alpha value is -3.06. The second kappa shape index (κ2) is 8.55. The lowest BCUT2D eigenvalue weighted by Crippen LogP contribution is -2.25. The van der Waals surface area contributed by atoms with Crippen LogP contribution in [0.2, 0.25) is 0 Å². The zero-order chi connectivity index (χ0) is 19.2. The summed E-state index contributed by atoms with van der Waals surface area (Å²) < 4.78 is 5.55. The molecule has 0 spiro atoms. The third kappa shape index (κ3) is 4.77. The Bertz CT molecular complexity index is 1000. The van der Waals surface area contributed by atoms with Gasteiger partial charge in [0.25, 0.3) is 5.91 Å². The van der Waals surface area contributed by atoms with Gasteiger partial charge < -0.3 is 15.2 Å². The first-order chi connectivity index (χ1) is 13.1. The number of methoxy groups -OCH3 is 1. The van der Waals surface area contributed by atoms with Gasteiger partial charge in [0.15, 0.2) is 11.5 Å². The zero-order valence-corrected chi connectivity index (χ0v) is 16.2. The third-order valence-corrected chi connectivity index (χ3v) is 4.48. The van der Waals surface area contributed by atoms with Gasteiger partial charge in [0.2, 0.25) is 0 Å². The van der Waals surface area contributed by atoms with Crippen LogP contribution in [0.1, 0.15) is 5.56 Å². The van der Waals surface area contributed by atoms with E-state index < -0.39 is 0 Å². The number of halogens is 1. The Balaban J connectivity index is 1.56. The first kappa shape index (κ1) is 18.7. The van der Waals surface area contributed by atoms with Crippen molar-refractivity contribution in [2.24, 2.45) is 5.10 Å². The third-order valence-electron chi connectivity index (χ3n) is 3.88. The summed E-state index contributed by atoms with van der Waals surface area (Å²) in [6.45, 7) is 0.0955. The minimum atomic E-state index is -0.274. The Morgan fingerprint density at radius 1 is 1.19 bits per heavy atom. The Kier molecular flexibility index (Phi) is 5.93. The van der Waals surface area contributed by atoms with E-state index in [9.17, 15) is 9.90 Å². The molecule has 3 N–H and O–H groups in total. The minimum absolute atomic E-state index is 0.0123. The van der Waals surface area contributed by atoms with Crippen molar-refractivity contribution in [1.82, 2.24) is 5.43 Å². The largest absolute Gasteiger partial charge is 0.503 e. The summed E-state index contributed by atoms with van der Waals surface area (Å²) in [5.41, 5.74) is 3.99. The van der Waals surface area contributed by atoms with Crippen LogP contribution in [0.4, 0.5) is 5.69 Å². The predicted octanol–water partition coefficient (Wildman–Crippen LogP) is 3.88. The van der Waals surface area contributed by atoms with Gasteiger partial charge in [-0.25, -0.2) is 5.43 Å². The van der Waals surface area contributed by atoms with E-state index in [2.05, 4.69) is 31.8 Å². The van der Waals surface area contributed by atoms with Crippen molar-refractivity contribution < 1.29 is 14.6 Å². The fourth-order valence-electron chi connectivity index (χ4n) is 2.52. The summed E-state index contributed by atoms with van der Waals surface area (Å²) in [6.07, 6.45) is 1.47. The lowest BCUT2D eigenvalue weighted by atomic mass is 10.1. The average molecular weight is 428 g/mol. The Labute approximate surface area is 165 Å². The fourth-order valence-corrected chi connectivity index (χ4v) is 2.98. The summed E-state index contributed by atoms with van der Waals surface area (Å²) in [5, 5.41) is 19.0. The molecule has 0 radical (unpaired) electrons. The lowest BCUT2D eigenvalue weighted by Gasteiger charge is -2.07. The number of rotatable bonds is 6. The van der Waals surface area contributed by atoms with Gasteiger partial charge in [0.05, 0.1) is 24.3 Å². The molecule has 0 fully saturated rings. The maximum absolute atomic E-state index is 12.0. The number of aromatic hydroxyl groups is 1. The summed E-state index contributed by atoms with van der Waals surface area (Å²) >= 11 is 3.24. The molecule has 0 saturated heterocycles. The molecular weight excluding hydrogens is 410 g/mol. The number of nitrogens with one attached hydrogen (secondary N) is 2. The van der Waals surface area contributed by atoms with Crippen molar-refractivity contribution in [2.75, 3.05) is 19.0 Å². The number of ether oxygens (including phenoxy) is 1. The van der Waals surface area contributed by atoms with Gasteiger partial charge in [0.1, 0.15) is 0 Å². The first-order valence-corrected chi connectivity index (χ1v) is 8.97. The van der Waals surface area contributed by atoms with Crippen LogP contribution in [0.5, 0.6) is 11.5 Å². The highest BCUT2D eigenvalue weighted by molar-refractivity contribution is 9.10. The molecule has 0 bridgehead atoms. The van der Waals surface area contributed by atoms with E-state index in [4.69, 9.17) is 4.74 Å². The number of nitrogens with zero attached hydrogens (tertiary/aromatic N) is 1. The van der Waals surface area contributed by atoms with Crippen LogP contribution in [-0.4, -0.2) is 30.9 Å². The molecule has 0 aromatic heterocycles. The molecule has 0 atom stereocenters. The number of amides is 1. The molecule has 3 aromatic rings. The molecular formula is C20H18BrN3O3. The van der Waals surface area contributed by atoms with Gasteiger partial charge in [-0.2, -0.15) is 5.10 Å². The molecule has 0 heterocycles. The summed E-state index contributed by atoms with van der Waals surface area (Å²) in [4.78, 5) is 12.0. The van der Waals surface area contributed by atoms with Crippen molar-refractivity contribution >= 4 is 44.5 Å². The molecule has 0 aliphatic heterocycles. The number of anilines is 1. The van der Waals surface area contributed by atoms with E-state index in [-0.39, 0.29) is 18.2 Å². The highest BCUT2D eigenvalue weighted by Crippen LogP contribution is 2.34. The van der Waals surface area contributed by atoms with E-state index in [0.717, 1.165) is 16.5 Å². The van der Waals surface area contributed by atoms with Gasteiger partial charge in [0, 0.05) is 5.69 Å². The van der Waals surface area contributed by atoms with E-state index in [1.54, 1.807) is 12.1 Å². The summed E-state index contributed by atoms with van der Waals surface area (Å²) in [6, 6.07) is 17.2. The molecule has 27 heavy (non-hydrogen) atoms. The number of phenolic OH excluding ortho intramolecular Hbond substituents is 1. The maximum Gasteiger partial charge on any atom is 0.259 e. The van der Waals surface area contributed by atoms with Crippen LogP contribution in [0, 0.1) is 0 Å². The second-order valence-corrected chi connectivity index (χ2v) is 6.62. The van der Waals surface area contributed by atoms with Crippen LogP contribution >= 0.6 is 15.9 Å². The number of hydrogen-bond donors (Lipinski definition) is 3. The summed E-state index contributed by atoms with van der Waals surface area (Å²) in [5.74, 6) is 0.0533. The standard InChI is InChI=1S/C20H18BrN3O3/c1-27-18-9-13(8-17(21)20(18)26)11-23-24-19(25)12-22-16-7-6-14-4-2-3-5-15(14)10-16/h2-11,22,26H,12H2,1H3,(H,24,25)/b23-11-. The van der Waals surface area contributed by atoms with E-state index in [1.807, 2.05) is 42.5 Å². The second-order valence-electron chi connectivity index (χ2n) is 5.76. The molecule has 3 rings (SSSR count). The molecule has 0 aliphatic carbocycles. The van der Waals surface area contributed by atoms with Crippen LogP contribution in [0.15, 0.2) is 64.2 Å². The SMILES string of the molecule is COc1cc(/C=N\NC(=O)CNc2ccc3ccccc3c2)cc(Br)c1O. The normalized spacial score (nSPS) is 10.9. The van der Waals surface area contributed by atoms with E-state index in [1.165, 1.54) is 13.3 Å². The molecule has 6 nitrogen and oxygen atoms in total. The van der Waals surface area contributed by atoms with Gasteiger partial charge >= 0.3 is 0 Å². The highest BCUT2D eigenvalue weighted by atomic mass is 79.9. The molecule has 7 heteroatoms. The fraction of sp³-hybridized carbons (Fsp3) is 0.100. The molecule has 3 aromatic carbocycles. The van der Waals surface area contributed by atoms with Crippen LogP contribution in [-0.2, 0) is 4.79 Å². The maximum atomic E-state index is 12.0. The van der Waals surface area contributed by atoms with Crippen molar-refractivity contribution in [3.8, 4) is 11.5 Å². The van der Waals surface area contributed by atoms with Crippen molar-refractivity contribution in [3.63, 3.8) is 0 Å². The van der Waals surface area contributed by atoms with Gasteiger partial charge in [-0.05, 0) is 56.5 Å². The number of benzene rings is 3. The van der Waals surface area contributed by atoms with Gasteiger partial charge in [-0.15, -0.1) is 0 Å². The topological polar surface area (TPSA) is 83.0 Å². The lowest BCUT2D eigenvalue weighted by molar-refractivity contribution is -0.119. The van der Waals surface area contributed by atoms with Crippen LogP contribution in [0.3, 0.4) is 0 Å². The van der Waals surface area contributed by atoms with Crippen molar-refractivity contribution in [1.29, 1.82) is 0 Å². The average Bonchev–Trinajstić information content (AvgIpc) is 2.68. The number of hydrogen-bond acceptors (Lipinski definition) is 5. The summed E-state index contributed by atoms with van der Waals surface area (Å²) in [7, 11) is 1.46. The zero-order valence-electron chi connectivity index (χ0n) is 14.6. The smallest absolute Gasteiger partial charge is 0.259 e. The Morgan fingerprint density at radius 3 is 2.74 bits per heavy atom. The van der Waals surface area contributed by atoms with Crippen molar-refractivity contribution in [2.45, 2.75) is 0 Å². The minimum Gasteiger partial charge on any atom is -0.503 e. The van der Waals surface area contributed by atoms with Crippen molar-refractivity contribution in [3.05, 3.63) is 64.6 Å². The number of fused-ring (bicyclic) bond motifs is 1. The molecule has 0 saturated carbocycles. The monoisotopic (exact) mass is 427 g/mol. The quantitative estimate of drug-likeness (QED) is 0.411. The molecule has 138 valence electrons. The Morgan fingerprint density at radius 2 is 1.96 bits per heavy atom. The number of carbonyl (C=O) groups excluding carboxylic acids is 1. The molecule has 1 amide bonds. The van der Waals surface area contributed by atoms with Crippen LogP contribution in [0.25, 0.3) is 10.8 Å². The van der Waals surface area contributed by atoms with E-state index >= 15 is 0 Å². The highest BCUT2D eigenvalue weighted by Gasteiger charge is 2.07. The number of hydrazone groups is 1. The molecule has 0 unspecified atom stereocenters. The van der Waals surface area contributed by atoms with Gasteiger partial charge in [-0.1, -0.05) is 30.3 Å². The number of carbonyl (C=O) groups is 1. The number of phenols is 1. The predicted molar refractivity (Wildman–Crippen MR) is 111 cm³/mol. The first-order valence-electron chi connectivity index (χ1n) is 8.18. The van der Waals surface area contributed by atoms with Crippen LogP contribution < -0.4 is 15.5 Å². The van der Waals surface area contributed by atoms with Gasteiger partial charge in [-0.3, -0.25) is 4.79 Å².